The van der Waals surface area contributed by atoms with E-state index in [0.717, 1.165) is 31.7 Å². The largest absolute Gasteiger partial charge is 0.370 e. The van der Waals surface area contributed by atoms with Crippen LogP contribution in [0.1, 0.15) is 30.3 Å². The fraction of sp³-hybridized carbons (Fsp3) is 0.571. The first kappa shape index (κ1) is 15.4. The molecule has 2 N–H and O–H groups in total. The fourth-order valence-corrected chi connectivity index (χ4v) is 1.60. The van der Waals surface area contributed by atoms with Crippen molar-refractivity contribution in [2.24, 2.45) is 0 Å². The average molecular weight is 264 g/mol. The van der Waals surface area contributed by atoms with Crippen LogP contribution in [0.3, 0.4) is 0 Å². The maximum Gasteiger partial charge on any atom is 0.269 e. The zero-order chi connectivity index (χ0) is 14.1. The lowest BCUT2D eigenvalue weighted by Crippen LogP contribution is -2.27. The molecule has 0 bridgehead atoms. The van der Waals surface area contributed by atoms with Crippen molar-refractivity contribution >= 4 is 11.7 Å². The Labute approximate surface area is 115 Å². The highest BCUT2D eigenvalue weighted by atomic mass is 16.1. The van der Waals surface area contributed by atoms with E-state index < -0.39 is 0 Å². The molecule has 0 spiro atoms. The Balaban J connectivity index is 2.43. The molecular weight excluding hydrogens is 240 g/mol. The Morgan fingerprint density at radius 1 is 1.32 bits per heavy atom. The van der Waals surface area contributed by atoms with Crippen molar-refractivity contribution in [3.8, 4) is 0 Å². The van der Waals surface area contributed by atoms with Crippen LogP contribution in [0.15, 0.2) is 18.2 Å². The Kier molecular flexibility index (Phi) is 6.89. The summed E-state index contributed by atoms with van der Waals surface area (Å²) < 4.78 is 0. The predicted octanol–water partition coefficient (Wildman–Crippen LogP) is 1.58. The van der Waals surface area contributed by atoms with E-state index in [4.69, 9.17) is 0 Å². The third kappa shape index (κ3) is 6.20. The Morgan fingerprint density at radius 3 is 2.79 bits per heavy atom. The van der Waals surface area contributed by atoms with Crippen molar-refractivity contribution < 1.29 is 4.79 Å². The van der Waals surface area contributed by atoms with E-state index in [0.29, 0.717) is 12.2 Å². The molecule has 0 aromatic carbocycles. The number of amides is 1. The van der Waals surface area contributed by atoms with Gasteiger partial charge < -0.3 is 15.5 Å². The summed E-state index contributed by atoms with van der Waals surface area (Å²) in [5, 5.41) is 6.06. The minimum Gasteiger partial charge on any atom is -0.370 e. The van der Waals surface area contributed by atoms with Crippen LogP contribution < -0.4 is 10.6 Å². The summed E-state index contributed by atoms with van der Waals surface area (Å²) in [5.74, 6) is 0.640. The molecular formula is C14H24N4O. The molecule has 1 heterocycles. The molecule has 5 nitrogen and oxygen atoms in total. The van der Waals surface area contributed by atoms with Crippen LogP contribution >= 0.6 is 0 Å². The van der Waals surface area contributed by atoms with Crippen LogP contribution in [0.5, 0.6) is 0 Å². The number of carbonyl (C=O) groups is 1. The second-order valence-electron chi connectivity index (χ2n) is 4.75. The molecule has 1 amide bonds. The molecule has 0 aliphatic carbocycles. The maximum absolute atomic E-state index is 11.9. The maximum atomic E-state index is 11.9. The van der Waals surface area contributed by atoms with E-state index >= 15 is 0 Å². The summed E-state index contributed by atoms with van der Waals surface area (Å²) in [6.07, 6.45) is 1.97. The smallest absolute Gasteiger partial charge is 0.269 e. The van der Waals surface area contributed by atoms with Gasteiger partial charge in [-0.05, 0) is 45.6 Å². The molecule has 0 atom stereocenters. The van der Waals surface area contributed by atoms with E-state index in [1.165, 1.54) is 0 Å². The van der Waals surface area contributed by atoms with Gasteiger partial charge in [-0.25, -0.2) is 4.98 Å². The molecule has 0 unspecified atom stereocenters. The van der Waals surface area contributed by atoms with Gasteiger partial charge in [0.15, 0.2) is 0 Å². The highest BCUT2D eigenvalue weighted by Crippen LogP contribution is 2.04. The minimum absolute atomic E-state index is 0.112. The molecule has 1 aromatic heterocycles. The monoisotopic (exact) mass is 264 g/mol. The number of hydrogen-bond acceptors (Lipinski definition) is 4. The van der Waals surface area contributed by atoms with Crippen molar-refractivity contribution in [2.45, 2.75) is 19.8 Å². The number of carbonyl (C=O) groups excluding carboxylic acids is 1. The zero-order valence-electron chi connectivity index (χ0n) is 12.1. The van der Waals surface area contributed by atoms with Crippen LogP contribution in [0.4, 0.5) is 5.82 Å². The van der Waals surface area contributed by atoms with E-state index in [9.17, 15) is 4.79 Å². The van der Waals surface area contributed by atoms with Crippen molar-refractivity contribution in [3.63, 3.8) is 0 Å². The second-order valence-corrected chi connectivity index (χ2v) is 4.75. The summed E-state index contributed by atoms with van der Waals surface area (Å²) in [4.78, 5) is 18.3. The van der Waals surface area contributed by atoms with Crippen LogP contribution in [0.25, 0.3) is 0 Å². The summed E-state index contributed by atoms with van der Waals surface area (Å²) in [6, 6.07) is 5.45. The molecule has 0 aliphatic rings. The van der Waals surface area contributed by atoms with Crippen molar-refractivity contribution in [1.29, 1.82) is 0 Å². The molecule has 0 fully saturated rings. The van der Waals surface area contributed by atoms with Crippen LogP contribution in [-0.2, 0) is 0 Å². The first-order chi connectivity index (χ1) is 9.13. The van der Waals surface area contributed by atoms with Gasteiger partial charge in [-0.3, -0.25) is 4.79 Å². The normalized spacial score (nSPS) is 10.5. The van der Waals surface area contributed by atoms with Crippen molar-refractivity contribution in [3.05, 3.63) is 23.9 Å². The average Bonchev–Trinajstić information content (AvgIpc) is 2.41. The van der Waals surface area contributed by atoms with E-state index in [1.807, 2.05) is 26.2 Å². The first-order valence-corrected chi connectivity index (χ1v) is 6.77. The van der Waals surface area contributed by atoms with Gasteiger partial charge in [-0.2, -0.15) is 0 Å². The third-order valence-electron chi connectivity index (χ3n) is 2.61. The standard InChI is InChI=1S/C14H24N4O/c1-4-9-15-13-8-5-7-12(17-13)14(19)16-10-6-11-18(2)3/h5,7-8H,4,6,9-11H2,1-3H3,(H,15,17)(H,16,19). The molecule has 0 aliphatic heterocycles. The third-order valence-corrected chi connectivity index (χ3v) is 2.61. The molecule has 0 saturated carbocycles. The van der Waals surface area contributed by atoms with E-state index in [2.05, 4.69) is 27.4 Å². The molecule has 106 valence electrons. The minimum atomic E-state index is -0.112. The van der Waals surface area contributed by atoms with Gasteiger partial charge in [-0.1, -0.05) is 13.0 Å². The quantitative estimate of drug-likeness (QED) is 0.700. The molecule has 1 aromatic rings. The van der Waals surface area contributed by atoms with Crippen LogP contribution in [0, 0.1) is 0 Å². The lowest BCUT2D eigenvalue weighted by Gasteiger charge is -2.10. The summed E-state index contributed by atoms with van der Waals surface area (Å²) in [5.41, 5.74) is 0.464. The molecule has 1 rings (SSSR count). The molecule has 0 saturated heterocycles. The number of rotatable bonds is 8. The number of nitrogens with zero attached hydrogens (tertiary/aromatic N) is 2. The van der Waals surface area contributed by atoms with Gasteiger partial charge in [0.25, 0.3) is 5.91 Å². The highest BCUT2D eigenvalue weighted by Gasteiger charge is 2.07. The van der Waals surface area contributed by atoms with E-state index in [-0.39, 0.29) is 5.91 Å². The first-order valence-electron chi connectivity index (χ1n) is 6.77. The number of pyridine rings is 1. The van der Waals surface area contributed by atoms with Gasteiger partial charge in [-0.15, -0.1) is 0 Å². The fourth-order valence-electron chi connectivity index (χ4n) is 1.60. The van der Waals surface area contributed by atoms with Crippen molar-refractivity contribution in [2.75, 3.05) is 39.0 Å². The summed E-state index contributed by atoms with van der Waals surface area (Å²) in [6.45, 7) is 4.59. The zero-order valence-corrected chi connectivity index (χ0v) is 12.1. The number of nitrogens with one attached hydrogen (secondary N) is 2. The van der Waals surface area contributed by atoms with Gasteiger partial charge in [0.2, 0.25) is 0 Å². The SMILES string of the molecule is CCCNc1cccc(C(=O)NCCCN(C)C)n1. The Morgan fingerprint density at radius 2 is 2.11 bits per heavy atom. The molecule has 19 heavy (non-hydrogen) atoms. The van der Waals surface area contributed by atoms with Crippen LogP contribution in [0.2, 0.25) is 0 Å². The van der Waals surface area contributed by atoms with Crippen molar-refractivity contribution in [1.82, 2.24) is 15.2 Å². The summed E-state index contributed by atoms with van der Waals surface area (Å²) in [7, 11) is 4.04. The Bertz CT molecular complexity index is 393. The molecule has 5 heteroatoms. The number of anilines is 1. The van der Waals surface area contributed by atoms with Gasteiger partial charge >= 0.3 is 0 Å². The van der Waals surface area contributed by atoms with Gasteiger partial charge in [0, 0.05) is 13.1 Å². The lowest BCUT2D eigenvalue weighted by atomic mass is 10.3. The number of aromatic nitrogens is 1. The Hall–Kier alpha value is -1.62. The van der Waals surface area contributed by atoms with E-state index in [1.54, 1.807) is 6.07 Å². The van der Waals surface area contributed by atoms with Crippen LogP contribution in [-0.4, -0.2) is 49.5 Å². The topological polar surface area (TPSA) is 57.3 Å². The second kappa shape index (κ2) is 8.48. The highest BCUT2D eigenvalue weighted by molar-refractivity contribution is 5.92. The number of hydrogen-bond donors (Lipinski definition) is 2. The summed E-state index contributed by atoms with van der Waals surface area (Å²) >= 11 is 0. The predicted molar refractivity (Wildman–Crippen MR) is 78.5 cm³/mol. The molecule has 0 radical (unpaired) electrons. The lowest BCUT2D eigenvalue weighted by molar-refractivity contribution is 0.0947. The van der Waals surface area contributed by atoms with Gasteiger partial charge in [0.1, 0.15) is 11.5 Å². The van der Waals surface area contributed by atoms with Gasteiger partial charge in [0.05, 0.1) is 0 Å².